The number of rotatable bonds is 4. The van der Waals surface area contributed by atoms with Gasteiger partial charge in [-0.1, -0.05) is 0 Å². The van der Waals surface area contributed by atoms with Gasteiger partial charge in [0, 0.05) is 44.6 Å². The van der Waals surface area contributed by atoms with Crippen molar-refractivity contribution in [1.82, 2.24) is 19.4 Å². The van der Waals surface area contributed by atoms with Gasteiger partial charge in [-0.05, 0) is 19.8 Å². The third-order valence-electron chi connectivity index (χ3n) is 4.86. The van der Waals surface area contributed by atoms with Gasteiger partial charge in [-0.3, -0.25) is 9.80 Å². The second-order valence-corrected chi connectivity index (χ2v) is 6.77. The molecule has 136 valence electrons. The zero-order chi connectivity index (χ0) is 17.2. The summed E-state index contributed by atoms with van der Waals surface area (Å²) >= 11 is 0. The molecule has 2 fully saturated rings. The van der Waals surface area contributed by atoms with Crippen LogP contribution in [0.25, 0.3) is 0 Å². The van der Waals surface area contributed by atoms with Crippen molar-refractivity contribution in [3.8, 4) is 0 Å². The van der Waals surface area contributed by atoms with Gasteiger partial charge < -0.3 is 9.30 Å². The molecule has 1 aromatic rings. The number of morpholine rings is 1. The lowest BCUT2D eigenvalue weighted by atomic mass is 10.0. The number of imidazole rings is 1. The van der Waals surface area contributed by atoms with E-state index in [1.807, 2.05) is 0 Å². The molecule has 0 spiro atoms. The number of nitrogens with zero attached hydrogens (tertiary/aromatic N) is 4. The normalized spacial score (nSPS) is 25.2. The monoisotopic (exact) mass is 346 g/mol. The Morgan fingerprint density at radius 3 is 2.67 bits per heavy atom. The lowest BCUT2D eigenvalue weighted by Gasteiger charge is -2.41. The van der Waals surface area contributed by atoms with Gasteiger partial charge >= 0.3 is 6.18 Å². The highest BCUT2D eigenvalue weighted by molar-refractivity contribution is 4.94. The number of halogens is 3. The van der Waals surface area contributed by atoms with Crippen molar-refractivity contribution in [1.29, 1.82) is 0 Å². The molecule has 0 aromatic carbocycles. The average Bonchev–Trinajstić information content (AvgIpc) is 2.93. The van der Waals surface area contributed by atoms with E-state index in [1.54, 1.807) is 0 Å². The Balaban J connectivity index is 1.50. The van der Waals surface area contributed by atoms with Crippen molar-refractivity contribution < 1.29 is 17.9 Å². The fraction of sp³-hybridized carbons (Fsp3) is 0.812. The maximum atomic E-state index is 12.6. The van der Waals surface area contributed by atoms with Gasteiger partial charge in [-0.25, -0.2) is 4.98 Å². The Labute approximate surface area is 140 Å². The summed E-state index contributed by atoms with van der Waals surface area (Å²) in [5.74, 6) is 0.491. The van der Waals surface area contributed by atoms with Crippen LogP contribution in [-0.2, 0) is 17.8 Å². The van der Waals surface area contributed by atoms with E-state index >= 15 is 0 Å². The smallest absolute Gasteiger partial charge is 0.376 e. The minimum Gasteiger partial charge on any atom is -0.376 e. The first kappa shape index (κ1) is 17.7. The van der Waals surface area contributed by atoms with Crippen LogP contribution in [0.4, 0.5) is 13.2 Å². The molecule has 8 heteroatoms. The van der Waals surface area contributed by atoms with Gasteiger partial charge in [0.25, 0.3) is 0 Å². The van der Waals surface area contributed by atoms with Gasteiger partial charge in [0.1, 0.15) is 12.4 Å². The van der Waals surface area contributed by atoms with E-state index in [0.29, 0.717) is 18.4 Å². The lowest BCUT2D eigenvalue weighted by molar-refractivity contribution is -0.141. The number of ether oxygens (including phenoxy) is 1. The summed E-state index contributed by atoms with van der Waals surface area (Å²) < 4.78 is 44.6. The summed E-state index contributed by atoms with van der Waals surface area (Å²) in [4.78, 5) is 8.81. The van der Waals surface area contributed by atoms with Crippen molar-refractivity contribution in [3.05, 3.63) is 18.2 Å². The zero-order valence-corrected chi connectivity index (χ0v) is 14.0. The molecule has 5 nitrogen and oxygen atoms in total. The standard InChI is InChI=1S/C16H25F3N4O/c1-13-10-22(8-9-24-13)14-2-5-21(6-3-14)11-15-20-4-7-23(15)12-16(17,18)19/h4,7,13-14H,2-3,5-6,8-12H2,1H3/t13-/m0/s1. The maximum Gasteiger partial charge on any atom is 0.406 e. The summed E-state index contributed by atoms with van der Waals surface area (Å²) in [7, 11) is 0. The number of likely N-dealkylation sites (tertiary alicyclic amines) is 1. The molecular formula is C16H25F3N4O. The molecule has 2 aliphatic rings. The molecule has 1 aromatic heterocycles. The molecule has 0 saturated carbocycles. The van der Waals surface area contributed by atoms with Crippen molar-refractivity contribution in [3.63, 3.8) is 0 Å². The molecule has 2 aliphatic heterocycles. The van der Waals surface area contributed by atoms with Crippen LogP contribution in [0.5, 0.6) is 0 Å². The molecule has 0 N–H and O–H groups in total. The number of piperidine rings is 1. The second kappa shape index (κ2) is 7.41. The fourth-order valence-corrected chi connectivity index (χ4v) is 3.65. The van der Waals surface area contributed by atoms with E-state index in [1.165, 1.54) is 17.0 Å². The largest absolute Gasteiger partial charge is 0.406 e. The van der Waals surface area contributed by atoms with Crippen LogP contribution in [-0.4, -0.2) is 70.5 Å². The summed E-state index contributed by atoms with van der Waals surface area (Å²) in [6.45, 7) is 6.15. The molecule has 0 radical (unpaired) electrons. The number of hydrogen-bond acceptors (Lipinski definition) is 4. The van der Waals surface area contributed by atoms with Gasteiger partial charge in [-0.2, -0.15) is 13.2 Å². The highest BCUT2D eigenvalue weighted by atomic mass is 19.4. The predicted octanol–water partition coefficient (Wildman–Crippen LogP) is 2.13. The SMILES string of the molecule is C[C@H]1CN(C2CCN(Cc3nccn3CC(F)(F)F)CC2)CCO1. The second-order valence-electron chi connectivity index (χ2n) is 6.77. The first-order valence-corrected chi connectivity index (χ1v) is 8.55. The van der Waals surface area contributed by atoms with E-state index in [0.717, 1.165) is 45.6 Å². The Bertz CT molecular complexity index is 526. The van der Waals surface area contributed by atoms with Gasteiger partial charge in [0.05, 0.1) is 19.3 Å². The van der Waals surface area contributed by atoms with E-state index in [-0.39, 0.29) is 6.10 Å². The first-order valence-electron chi connectivity index (χ1n) is 8.55. The minimum absolute atomic E-state index is 0.284. The van der Waals surface area contributed by atoms with Crippen molar-refractivity contribution >= 4 is 0 Å². The van der Waals surface area contributed by atoms with Crippen LogP contribution in [0.1, 0.15) is 25.6 Å². The predicted molar refractivity (Wildman–Crippen MR) is 83.6 cm³/mol. The summed E-state index contributed by atoms with van der Waals surface area (Å²) in [6, 6.07) is 0.558. The minimum atomic E-state index is -4.21. The molecule has 0 amide bonds. The van der Waals surface area contributed by atoms with E-state index in [4.69, 9.17) is 4.74 Å². The van der Waals surface area contributed by atoms with E-state index in [2.05, 4.69) is 21.7 Å². The number of aromatic nitrogens is 2. The van der Waals surface area contributed by atoms with E-state index < -0.39 is 12.7 Å². The van der Waals surface area contributed by atoms with E-state index in [9.17, 15) is 13.2 Å². The molecule has 2 saturated heterocycles. The van der Waals surface area contributed by atoms with Crippen LogP contribution in [0.3, 0.4) is 0 Å². The third kappa shape index (κ3) is 4.70. The molecule has 0 unspecified atom stereocenters. The van der Waals surface area contributed by atoms with Gasteiger partial charge in [0.15, 0.2) is 0 Å². The summed E-state index contributed by atoms with van der Waals surface area (Å²) in [6.07, 6.45) is 1.02. The Morgan fingerprint density at radius 2 is 2.00 bits per heavy atom. The quantitative estimate of drug-likeness (QED) is 0.836. The number of hydrogen-bond donors (Lipinski definition) is 0. The summed E-state index contributed by atoms with van der Waals surface area (Å²) in [5.41, 5.74) is 0. The zero-order valence-electron chi connectivity index (χ0n) is 14.0. The van der Waals surface area contributed by atoms with Crippen molar-refractivity contribution in [2.45, 2.75) is 51.2 Å². The third-order valence-corrected chi connectivity index (χ3v) is 4.86. The molecule has 3 rings (SSSR count). The Morgan fingerprint density at radius 1 is 1.25 bits per heavy atom. The van der Waals surface area contributed by atoms with Crippen LogP contribution in [0.2, 0.25) is 0 Å². The molecule has 0 aliphatic carbocycles. The molecule has 3 heterocycles. The van der Waals surface area contributed by atoms with Gasteiger partial charge in [0.2, 0.25) is 0 Å². The topological polar surface area (TPSA) is 33.5 Å². The maximum absolute atomic E-state index is 12.6. The lowest BCUT2D eigenvalue weighted by Crippen LogP contribution is -2.50. The molecule has 0 bridgehead atoms. The molecule has 24 heavy (non-hydrogen) atoms. The van der Waals surface area contributed by atoms with Crippen LogP contribution < -0.4 is 0 Å². The first-order chi connectivity index (χ1) is 11.4. The Kier molecular flexibility index (Phi) is 5.46. The fourth-order valence-electron chi connectivity index (χ4n) is 3.65. The van der Waals surface area contributed by atoms with Crippen LogP contribution in [0, 0.1) is 0 Å². The van der Waals surface area contributed by atoms with Crippen LogP contribution in [0.15, 0.2) is 12.4 Å². The van der Waals surface area contributed by atoms with Crippen LogP contribution >= 0.6 is 0 Å². The summed E-state index contributed by atoms with van der Waals surface area (Å²) in [5, 5.41) is 0. The number of alkyl halides is 3. The average molecular weight is 346 g/mol. The Hall–Kier alpha value is -1.12. The van der Waals surface area contributed by atoms with Crippen molar-refractivity contribution in [2.24, 2.45) is 0 Å². The van der Waals surface area contributed by atoms with Crippen molar-refractivity contribution in [2.75, 3.05) is 32.8 Å². The highest BCUT2D eigenvalue weighted by Gasteiger charge is 2.30. The van der Waals surface area contributed by atoms with Gasteiger partial charge in [-0.15, -0.1) is 0 Å². The molecular weight excluding hydrogens is 321 g/mol. The molecule has 1 atom stereocenters. The highest BCUT2D eigenvalue weighted by Crippen LogP contribution is 2.22.